The van der Waals surface area contributed by atoms with Crippen molar-refractivity contribution in [2.45, 2.75) is 23.9 Å². The molecule has 1 aromatic heterocycles. The number of nitrogens with zero attached hydrogens (tertiary/aromatic N) is 2. The highest BCUT2D eigenvalue weighted by atomic mass is 35.5. The van der Waals surface area contributed by atoms with E-state index in [4.69, 9.17) is 23.2 Å². The van der Waals surface area contributed by atoms with Gasteiger partial charge in [0, 0.05) is 6.54 Å². The van der Waals surface area contributed by atoms with Crippen molar-refractivity contribution in [3.8, 4) is 5.69 Å². The van der Waals surface area contributed by atoms with Crippen LogP contribution in [0.4, 0.5) is 0 Å². The third-order valence-electron chi connectivity index (χ3n) is 4.87. The largest absolute Gasteiger partial charge is 0.351 e. The lowest BCUT2D eigenvalue weighted by Gasteiger charge is -2.17. The van der Waals surface area contributed by atoms with Crippen LogP contribution in [0.25, 0.3) is 16.6 Å². The standard InChI is InChI=1S/C24H19Cl2N3O2S/c1-15(22(30)27-14-16-7-3-2-4-8-16)32-24-28-21-10-6-5-9-18(21)23(31)29(24)17-11-12-19(25)20(26)13-17/h2-13,15H,14H2,1H3,(H,27,30). The average Bonchev–Trinajstić information content (AvgIpc) is 2.80. The van der Waals surface area contributed by atoms with Crippen molar-refractivity contribution in [1.82, 2.24) is 14.9 Å². The molecule has 0 spiro atoms. The first kappa shape index (κ1) is 22.4. The quantitative estimate of drug-likeness (QED) is 0.291. The minimum absolute atomic E-state index is 0.151. The van der Waals surface area contributed by atoms with Gasteiger partial charge in [-0.15, -0.1) is 0 Å². The lowest BCUT2D eigenvalue weighted by Crippen LogP contribution is -2.31. The summed E-state index contributed by atoms with van der Waals surface area (Å²) in [7, 11) is 0. The monoisotopic (exact) mass is 483 g/mol. The lowest BCUT2D eigenvalue weighted by atomic mass is 10.2. The summed E-state index contributed by atoms with van der Waals surface area (Å²) in [4.78, 5) is 30.7. The van der Waals surface area contributed by atoms with Crippen LogP contribution in [0.15, 0.2) is 82.7 Å². The zero-order valence-electron chi connectivity index (χ0n) is 17.1. The molecule has 0 bridgehead atoms. The Bertz CT molecular complexity index is 1340. The molecule has 0 aliphatic rings. The average molecular weight is 484 g/mol. The van der Waals surface area contributed by atoms with Gasteiger partial charge in [0.1, 0.15) is 0 Å². The van der Waals surface area contributed by atoms with Gasteiger partial charge in [0.2, 0.25) is 5.91 Å². The number of para-hydroxylation sites is 1. The SMILES string of the molecule is CC(Sc1nc2ccccc2c(=O)n1-c1ccc(Cl)c(Cl)c1)C(=O)NCc1ccccc1. The maximum atomic E-state index is 13.3. The van der Waals surface area contributed by atoms with E-state index in [2.05, 4.69) is 10.3 Å². The minimum atomic E-state index is -0.485. The van der Waals surface area contributed by atoms with Gasteiger partial charge in [-0.2, -0.15) is 0 Å². The predicted octanol–water partition coefficient (Wildman–Crippen LogP) is 5.49. The van der Waals surface area contributed by atoms with E-state index in [-0.39, 0.29) is 11.5 Å². The topological polar surface area (TPSA) is 64.0 Å². The number of amides is 1. The van der Waals surface area contributed by atoms with Crippen LogP contribution in [0, 0.1) is 0 Å². The smallest absolute Gasteiger partial charge is 0.266 e. The maximum Gasteiger partial charge on any atom is 0.266 e. The number of benzene rings is 3. The van der Waals surface area contributed by atoms with E-state index in [9.17, 15) is 9.59 Å². The number of fused-ring (bicyclic) bond motifs is 1. The molecule has 8 heteroatoms. The summed E-state index contributed by atoms with van der Waals surface area (Å²) in [5.41, 5.74) is 1.86. The molecule has 1 unspecified atom stereocenters. The van der Waals surface area contributed by atoms with Crippen molar-refractivity contribution in [3.63, 3.8) is 0 Å². The van der Waals surface area contributed by atoms with Gasteiger partial charge in [0.25, 0.3) is 5.56 Å². The van der Waals surface area contributed by atoms with Crippen LogP contribution < -0.4 is 10.9 Å². The molecule has 0 saturated carbocycles. The molecule has 0 saturated heterocycles. The fourth-order valence-corrected chi connectivity index (χ4v) is 4.43. The van der Waals surface area contributed by atoms with Gasteiger partial charge in [-0.25, -0.2) is 4.98 Å². The fraction of sp³-hybridized carbons (Fsp3) is 0.125. The number of hydrogen-bond donors (Lipinski definition) is 1. The van der Waals surface area contributed by atoms with E-state index in [1.807, 2.05) is 36.4 Å². The predicted molar refractivity (Wildman–Crippen MR) is 131 cm³/mol. The Morgan fingerprint density at radius 1 is 1.03 bits per heavy atom. The Hall–Kier alpha value is -2.80. The number of nitrogens with one attached hydrogen (secondary N) is 1. The summed E-state index contributed by atoms with van der Waals surface area (Å²) in [5.74, 6) is -0.151. The summed E-state index contributed by atoms with van der Waals surface area (Å²) in [5, 5.41) is 4.04. The molecule has 1 heterocycles. The second-order valence-corrected chi connectivity index (χ2v) is 9.24. The first-order valence-electron chi connectivity index (χ1n) is 9.89. The molecule has 32 heavy (non-hydrogen) atoms. The first-order chi connectivity index (χ1) is 15.4. The second kappa shape index (κ2) is 9.77. The van der Waals surface area contributed by atoms with Crippen LogP contribution in [-0.4, -0.2) is 20.7 Å². The second-order valence-electron chi connectivity index (χ2n) is 7.11. The summed E-state index contributed by atoms with van der Waals surface area (Å²) in [6.45, 7) is 2.21. The Morgan fingerprint density at radius 3 is 2.50 bits per heavy atom. The Kier molecular flexibility index (Phi) is 6.84. The lowest BCUT2D eigenvalue weighted by molar-refractivity contribution is -0.120. The van der Waals surface area contributed by atoms with Gasteiger partial charge in [-0.1, -0.05) is 77.4 Å². The van der Waals surface area contributed by atoms with Crippen molar-refractivity contribution in [1.29, 1.82) is 0 Å². The molecule has 1 atom stereocenters. The highest BCUT2D eigenvalue weighted by molar-refractivity contribution is 8.00. The van der Waals surface area contributed by atoms with Crippen LogP contribution in [0.1, 0.15) is 12.5 Å². The van der Waals surface area contributed by atoms with Gasteiger partial charge in [0.05, 0.1) is 31.9 Å². The molecule has 4 aromatic rings. The molecule has 1 N–H and O–H groups in total. The van der Waals surface area contributed by atoms with Crippen LogP contribution >= 0.6 is 35.0 Å². The van der Waals surface area contributed by atoms with Crippen molar-refractivity contribution < 1.29 is 4.79 Å². The summed E-state index contributed by atoms with van der Waals surface area (Å²) in [6.07, 6.45) is 0. The molecular formula is C24H19Cl2N3O2S. The van der Waals surface area contributed by atoms with Crippen molar-refractivity contribution in [2.75, 3.05) is 0 Å². The van der Waals surface area contributed by atoms with E-state index in [0.29, 0.717) is 38.3 Å². The third-order valence-corrected chi connectivity index (χ3v) is 6.66. The number of carbonyl (C=O) groups is 1. The van der Waals surface area contributed by atoms with E-state index >= 15 is 0 Å². The maximum absolute atomic E-state index is 13.3. The molecular weight excluding hydrogens is 465 g/mol. The molecule has 0 aliphatic carbocycles. The first-order valence-corrected chi connectivity index (χ1v) is 11.5. The molecule has 0 fully saturated rings. The zero-order valence-corrected chi connectivity index (χ0v) is 19.4. The van der Waals surface area contributed by atoms with Crippen LogP contribution in [-0.2, 0) is 11.3 Å². The van der Waals surface area contributed by atoms with Crippen LogP contribution in [0.2, 0.25) is 10.0 Å². The van der Waals surface area contributed by atoms with E-state index in [0.717, 1.165) is 5.56 Å². The molecule has 4 rings (SSSR count). The Balaban J connectivity index is 1.68. The molecule has 162 valence electrons. The minimum Gasteiger partial charge on any atom is -0.351 e. The molecule has 0 aliphatic heterocycles. The van der Waals surface area contributed by atoms with Gasteiger partial charge in [-0.3, -0.25) is 14.2 Å². The van der Waals surface area contributed by atoms with Gasteiger partial charge >= 0.3 is 0 Å². The molecule has 5 nitrogen and oxygen atoms in total. The van der Waals surface area contributed by atoms with E-state index in [1.165, 1.54) is 16.3 Å². The van der Waals surface area contributed by atoms with Crippen LogP contribution in [0.3, 0.4) is 0 Å². The van der Waals surface area contributed by atoms with Gasteiger partial charge < -0.3 is 5.32 Å². The molecule has 1 amide bonds. The van der Waals surface area contributed by atoms with Crippen molar-refractivity contribution >= 4 is 51.8 Å². The Labute approximate surface area is 199 Å². The number of aromatic nitrogens is 2. The number of hydrogen-bond acceptors (Lipinski definition) is 4. The number of rotatable bonds is 6. The third kappa shape index (κ3) is 4.83. The highest BCUT2D eigenvalue weighted by Crippen LogP contribution is 2.28. The molecule has 0 radical (unpaired) electrons. The number of halogens is 2. The molecule has 3 aromatic carbocycles. The van der Waals surface area contributed by atoms with E-state index in [1.54, 1.807) is 43.3 Å². The Morgan fingerprint density at radius 2 is 1.75 bits per heavy atom. The summed E-state index contributed by atoms with van der Waals surface area (Å²) >= 11 is 13.5. The van der Waals surface area contributed by atoms with Crippen molar-refractivity contribution in [2.24, 2.45) is 0 Å². The summed E-state index contributed by atoms with van der Waals surface area (Å²) in [6, 6.07) is 21.7. The van der Waals surface area contributed by atoms with Crippen LogP contribution in [0.5, 0.6) is 0 Å². The number of carbonyl (C=O) groups excluding carboxylic acids is 1. The zero-order chi connectivity index (χ0) is 22.7. The van der Waals surface area contributed by atoms with Gasteiger partial charge in [0.15, 0.2) is 5.16 Å². The number of thioether (sulfide) groups is 1. The van der Waals surface area contributed by atoms with E-state index < -0.39 is 5.25 Å². The van der Waals surface area contributed by atoms with Crippen molar-refractivity contribution in [3.05, 3.63) is 98.8 Å². The fourth-order valence-electron chi connectivity index (χ4n) is 3.18. The highest BCUT2D eigenvalue weighted by Gasteiger charge is 2.20. The summed E-state index contributed by atoms with van der Waals surface area (Å²) < 4.78 is 1.47. The van der Waals surface area contributed by atoms with Gasteiger partial charge in [-0.05, 0) is 42.8 Å². The normalized spacial score (nSPS) is 12.0.